The molecule has 0 spiro atoms. The van der Waals surface area contributed by atoms with Crippen LogP contribution < -0.4 is 5.73 Å². The summed E-state index contributed by atoms with van der Waals surface area (Å²) in [6, 6.07) is 10.0. The zero-order chi connectivity index (χ0) is 13.9. The molecule has 0 unspecified atom stereocenters. The van der Waals surface area contributed by atoms with Crippen molar-refractivity contribution in [2.75, 3.05) is 6.54 Å². The number of rotatable bonds is 4. The molecule has 2 N–H and O–H groups in total. The first-order chi connectivity index (χ1) is 9.78. The quantitative estimate of drug-likeness (QED) is 0.786. The molecule has 0 aliphatic heterocycles. The van der Waals surface area contributed by atoms with Gasteiger partial charge in [-0.25, -0.2) is 4.98 Å². The van der Waals surface area contributed by atoms with Crippen LogP contribution in [0.5, 0.6) is 0 Å². The molecule has 2 heterocycles. The number of fused-ring (bicyclic) bond motifs is 1. The van der Waals surface area contributed by atoms with E-state index in [1.807, 2.05) is 24.3 Å². The summed E-state index contributed by atoms with van der Waals surface area (Å²) in [5, 5.41) is 5.14. The van der Waals surface area contributed by atoms with Gasteiger partial charge in [0.25, 0.3) is 0 Å². The Morgan fingerprint density at radius 3 is 2.90 bits per heavy atom. The van der Waals surface area contributed by atoms with Gasteiger partial charge in [-0.3, -0.25) is 0 Å². The first-order valence-corrected chi connectivity index (χ1v) is 6.67. The maximum absolute atomic E-state index is 5.47. The van der Waals surface area contributed by atoms with Gasteiger partial charge in [-0.15, -0.1) is 0 Å². The standard InChI is InChI=1S/C15H16N4O/c1-10-9-13(17-12-6-3-2-5-11(10)12)15-18-14(20-19-15)7-4-8-16/h2-3,5-6,9H,4,7-8,16H2,1H3. The molecule has 0 saturated carbocycles. The molecule has 2 aromatic heterocycles. The molecule has 0 amide bonds. The van der Waals surface area contributed by atoms with Gasteiger partial charge in [-0.05, 0) is 37.6 Å². The van der Waals surface area contributed by atoms with E-state index < -0.39 is 0 Å². The van der Waals surface area contributed by atoms with Crippen molar-refractivity contribution in [2.45, 2.75) is 19.8 Å². The van der Waals surface area contributed by atoms with Crippen molar-refractivity contribution in [3.8, 4) is 11.5 Å². The third-order valence-electron chi connectivity index (χ3n) is 3.21. The van der Waals surface area contributed by atoms with Crippen LogP contribution in [-0.2, 0) is 6.42 Å². The highest BCUT2D eigenvalue weighted by Gasteiger charge is 2.11. The van der Waals surface area contributed by atoms with Crippen LogP contribution in [0.2, 0.25) is 0 Å². The van der Waals surface area contributed by atoms with Crippen molar-refractivity contribution in [3.05, 3.63) is 41.8 Å². The van der Waals surface area contributed by atoms with E-state index in [1.165, 1.54) is 0 Å². The van der Waals surface area contributed by atoms with Crippen molar-refractivity contribution in [3.63, 3.8) is 0 Å². The lowest BCUT2D eigenvalue weighted by molar-refractivity contribution is 0.376. The van der Waals surface area contributed by atoms with Gasteiger partial charge in [0, 0.05) is 11.8 Å². The minimum Gasteiger partial charge on any atom is -0.339 e. The maximum atomic E-state index is 5.47. The number of aryl methyl sites for hydroxylation is 2. The number of pyridine rings is 1. The summed E-state index contributed by atoms with van der Waals surface area (Å²) in [5.74, 6) is 1.14. The molecule has 0 aliphatic rings. The molecule has 1 aromatic carbocycles. The highest BCUT2D eigenvalue weighted by molar-refractivity contribution is 5.84. The Balaban J connectivity index is 1.99. The molecule has 0 bridgehead atoms. The molecule has 0 aliphatic carbocycles. The zero-order valence-corrected chi connectivity index (χ0v) is 11.3. The fraction of sp³-hybridized carbons (Fsp3) is 0.267. The summed E-state index contributed by atoms with van der Waals surface area (Å²) in [4.78, 5) is 8.96. The normalized spacial score (nSPS) is 11.1. The number of para-hydroxylation sites is 1. The van der Waals surface area contributed by atoms with E-state index in [4.69, 9.17) is 10.3 Å². The lowest BCUT2D eigenvalue weighted by atomic mass is 10.1. The Morgan fingerprint density at radius 1 is 1.20 bits per heavy atom. The molecular weight excluding hydrogens is 252 g/mol. The molecule has 20 heavy (non-hydrogen) atoms. The van der Waals surface area contributed by atoms with Gasteiger partial charge in [-0.2, -0.15) is 4.98 Å². The van der Waals surface area contributed by atoms with Crippen molar-refractivity contribution < 1.29 is 4.52 Å². The van der Waals surface area contributed by atoms with E-state index in [2.05, 4.69) is 28.1 Å². The van der Waals surface area contributed by atoms with Gasteiger partial charge >= 0.3 is 0 Å². The number of hydrogen-bond donors (Lipinski definition) is 1. The van der Waals surface area contributed by atoms with E-state index in [-0.39, 0.29) is 0 Å². The molecular formula is C15H16N4O. The van der Waals surface area contributed by atoms with Crippen LogP contribution in [-0.4, -0.2) is 21.7 Å². The average Bonchev–Trinajstić information content (AvgIpc) is 2.94. The largest absolute Gasteiger partial charge is 0.339 e. The van der Waals surface area contributed by atoms with Gasteiger partial charge < -0.3 is 10.3 Å². The number of aromatic nitrogens is 3. The molecule has 0 saturated heterocycles. The second-order valence-electron chi connectivity index (χ2n) is 4.75. The Labute approximate surface area is 116 Å². The van der Waals surface area contributed by atoms with Crippen molar-refractivity contribution in [2.24, 2.45) is 5.73 Å². The molecule has 0 fully saturated rings. The first kappa shape index (κ1) is 12.7. The Kier molecular flexibility index (Phi) is 3.43. The average molecular weight is 268 g/mol. The predicted octanol–water partition coefficient (Wildman–Crippen LogP) is 2.48. The second kappa shape index (κ2) is 5.38. The fourth-order valence-corrected chi connectivity index (χ4v) is 2.18. The van der Waals surface area contributed by atoms with Gasteiger partial charge in [0.2, 0.25) is 11.7 Å². The smallest absolute Gasteiger partial charge is 0.227 e. The van der Waals surface area contributed by atoms with Crippen molar-refractivity contribution in [1.29, 1.82) is 0 Å². The van der Waals surface area contributed by atoms with Crippen LogP contribution in [0.1, 0.15) is 17.9 Å². The van der Waals surface area contributed by atoms with Crippen LogP contribution >= 0.6 is 0 Å². The van der Waals surface area contributed by atoms with Crippen molar-refractivity contribution in [1.82, 2.24) is 15.1 Å². The molecule has 3 rings (SSSR count). The number of hydrogen-bond acceptors (Lipinski definition) is 5. The predicted molar refractivity (Wildman–Crippen MR) is 77.1 cm³/mol. The van der Waals surface area contributed by atoms with E-state index >= 15 is 0 Å². The highest BCUT2D eigenvalue weighted by atomic mass is 16.5. The lowest BCUT2D eigenvalue weighted by Crippen LogP contribution is -2.00. The first-order valence-electron chi connectivity index (χ1n) is 6.67. The number of benzene rings is 1. The molecule has 5 heteroatoms. The summed E-state index contributed by atoms with van der Waals surface area (Å²) in [6.07, 6.45) is 1.54. The van der Waals surface area contributed by atoms with Crippen LogP contribution in [0, 0.1) is 6.92 Å². The minimum atomic E-state index is 0.533. The lowest BCUT2D eigenvalue weighted by Gasteiger charge is -2.03. The maximum Gasteiger partial charge on any atom is 0.227 e. The summed E-state index contributed by atoms with van der Waals surface area (Å²) in [7, 11) is 0. The summed E-state index contributed by atoms with van der Waals surface area (Å²) < 4.78 is 5.22. The van der Waals surface area contributed by atoms with E-state index in [0.29, 0.717) is 24.7 Å². The zero-order valence-electron chi connectivity index (χ0n) is 11.3. The fourth-order valence-electron chi connectivity index (χ4n) is 2.18. The van der Waals surface area contributed by atoms with E-state index in [0.717, 1.165) is 28.6 Å². The van der Waals surface area contributed by atoms with Gasteiger partial charge in [0.15, 0.2) is 0 Å². The SMILES string of the molecule is Cc1cc(-c2noc(CCCN)n2)nc2ccccc12. The molecule has 5 nitrogen and oxygen atoms in total. The molecule has 0 atom stereocenters. The van der Waals surface area contributed by atoms with E-state index in [9.17, 15) is 0 Å². The number of nitrogens with two attached hydrogens (primary N) is 1. The van der Waals surface area contributed by atoms with Crippen LogP contribution in [0.4, 0.5) is 0 Å². The number of nitrogens with zero attached hydrogens (tertiary/aromatic N) is 3. The third-order valence-corrected chi connectivity index (χ3v) is 3.21. The summed E-state index contributed by atoms with van der Waals surface area (Å²) in [6.45, 7) is 2.67. The van der Waals surface area contributed by atoms with Gasteiger partial charge in [0.1, 0.15) is 5.69 Å². The van der Waals surface area contributed by atoms with E-state index in [1.54, 1.807) is 0 Å². The topological polar surface area (TPSA) is 77.8 Å². The molecule has 0 radical (unpaired) electrons. The minimum absolute atomic E-state index is 0.533. The van der Waals surface area contributed by atoms with Crippen molar-refractivity contribution >= 4 is 10.9 Å². The molecule has 102 valence electrons. The highest BCUT2D eigenvalue weighted by Crippen LogP contribution is 2.22. The summed E-state index contributed by atoms with van der Waals surface area (Å²) >= 11 is 0. The second-order valence-corrected chi connectivity index (χ2v) is 4.75. The van der Waals surface area contributed by atoms with Crippen LogP contribution in [0.25, 0.3) is 22.4 Å². The van der Waals surface area contributed by atoms with Crippen LogP contribution in [0.15, 0.2) is 34.9 Å². The Bertz CT molecular complexity index is 736. The van der Waals surface area contributed by atoms with Gasteiger partial charge in [-0.1, -0.05) is 23.4 Å². The summed E-state index contributed by atoms with van der Waals surface area (Å²) in [5.41, 5.74) is 8.31. The third kappa shape index (κ3) is 2.40. The monoisotopic (exact) mass is 268 g/mol. The molecule has 3 aromatic rings. The van der Waals surface area contributed by atoms with Gasteiger partial charge in [0.05, 0.1) is 5.52 Å². The van der Waals surface area contributed by atoms with Crippen LogP contribution in [0.3, 0.4) is 0 Å². The Morgan fingerprint density at radius 2 is 2.05 bits per heavy atom. The Hall–Kier alpha value is -2.27.